The molecule has 0 radical (unpaired) electrons. The number of morpholine rings is 1. The fourth-order valence-corrected chi connectivity index (χ4v) is 5.23. The zero-order chi connectivity index (χ0) is 28.3. The number of ether oxygens (including phenoxy) is 2. The monoisotopic (exact) mass is 609 g/mol. The number of carboxylic acid groups (broad SMARTS) is 1. The molecule has 2 aromatic carbocycles. The van der Waals surface area contributed by atoms with Gasteiger partial charge < -0.3 is 19.9 Å². The number of halogens is 4. The van der Waals surface area contributed by atoms with Gasteiger partial charge in [0.15, 0.2) is 0 Å². The van der Waals surface area contributed by atoms with Gasteiger partial charge in [-0.15, -0.1) is 0 Å². The summed E-state index contributed by atoms with van der Waals surface area (Å²) in [6.45, 7) is 4.08. The first-order chi connectivity index (χ1) is 18.6. The maximum absolute atomic E-state index is 15.1. The molecule has 1 fully saturated rings. The number of nitrogens with zero attached hydrogens (tertiary/aromatic N) is 2. The van der Waals surface area contributed by atoms with Crippen LogP contribution in [0.25, 0.3) is 0 Å². The lowest BCUT2D eigenvalue weighted by atomic mass is 9.94. The summed E-state index contributed by atoms with van der Waals surface area (Å²) in [6.07, 6.45) is -0.211. The Morgan fingerprint density at radius 2 is 1.95 bits per heavy atom. The smallest absolute Gasteiger partial charge is 0.338 e. The van der Waals surface area contributed by atoms with Crippen molar-refractivity contribution in [1.29, 1.82) is 0 Å². The third kappa shape index (κ3) is 6.51. The predicted molar refractivity (Wildman–Crippen MR) is 140 cm³/mol. The van der Waals surface area contributed by atoms with Crippen molar-refractivity contribution >= 4 is 33.7 Å². The zero-order valence-electron chi connectivity index (χ0n) is 21.3. The van der Waals surface area contributed by atoms with Gasteiger partial charge in [-0.1, -0.05) is 22.0 Å². The van der Waals surface area contributed by atoms with Crippen LogP contribution in [-0.4, -0.2) is 66.7 Å². The first-order valence-electron chi connectivity index (χ1n) is 12.3. The zero-order valence-corrected chi connectivity index (χ0v) is 22.9. The lowest BCUT2D eigenvalue weighted by molar-refractivity contribution is -0.141. The van der Waals surface area contributed by atoms with Crippen LogP contribution in [0.5, 0.6) is 0 Å². The standard InChI is InChI=1S/C27H27BrF3N3O5/c1-3-39-27(37)24-21(12-34-6-7-38-13-16(34)11-22(35)36)32-26(23-19(30)8-14(2)9-20(23)31)33-25(24)17-5-4-15(29)10-18(17)28/h4-5,8-10,16,25H,3,6-7,11-13H2,1-2H3,(H,32,33)(H,35,36). The highest BCUT2D eigenvalue weighted by molar-refractivity contribution is 9.10. The quantitative estimate of drug-likeness (QED) is 0.431. The van der Waals surface area contributed by atoms with Crippen molar-refractivity contribution in [3.8, 4) is 0 Å². The van der Waals surface area contributed by atoms with E-state index in [2.05, 4.69) is 26.2 Å². The van der Waals surface area contributed by atoms with Crippen LogP contribution < -0.4 is 5.32 Å². The Morgan fingerprint density at radius 1 is 1.23 bits per heavy atom. The average molecular weight is 610 g/mol. The molecular formula is C27H27BrF3N3O5. The van der Waals surface area contributed by atoms with Gasteiger partial charge in [0.05, 0.1) is 37.4 Å². The molecule has 0 saturated carbocycles. The first kappa shape index (κ1) is 28.8. The number of aliphatic carboxylic acids is 1. The second-order valence-corrected chi connectivity index (χ2v) is 10.0. The summed E-state index contributed by atoms with van der Waals surface area (Å²) in [5.74, 6) is -4.17. The van der Waals surface area contributed by atoms with Crippen molar-refractivity contribution in [1.82, 2.24) is 10.2 Å². The minimum atomic E-state index is -1.12. The molecule has 4 rings (SSSR count). The molecule has 0 bridgehead atoms. The Bertz CT molecular complexity index is 1330. The normalized spacial score (nSPS) is 19.9. The van der Waals surface area contributed by atoms with Crippen LogP contribution in [0.2, 0.25) is 0 Å². The number of esters is 1. The van der Waals surface area contributed by atoms with Gasteiger partial charge in [-0.05, 0) is 49.2 Å². The van der Waals surface area contributed by atoms with Crippen LogP contribution in [0, 0.1) is 24.4 Å². The van der Waals surface area contributed by atoms with Gasteiger partial charge in [0.25, 0.3) is 0 Å². The Balaban J connectivity index is 1.89. The van der Waals surface area contributed by atoms with Crippen molar-refractivity contribution < 1.29 is 37.3 Å². The molecule has 208 valence electrons. The minimum absolute atomic E-state index is 0.0128. The highest BCUT2D eigenvalue weighted by Crippen LogP contribution is 2.37. The lowest BCUT2D eigenvalue weighted by Crippen LogP contribution is -2.49. The predicted octanol–water partition coefficient (Wildman–Crippen LogP) is 4.26. The van der Waals surface area contributed by atoms with Gasteiger partial charge in [-0.25, -0.2) is 18.0 Å². The summed E-state index contributed by atoms with van der Waals surface area (Å²) < 4.78 is 55.3. The molecule has 2 atom stereocenters. The molecule has 0 aromatic heterocycles. The summed E-state index contributed by atoms with van der Waals surface area (Å²) >= 11 is 3.32. The number of carboxylic acids is 1. The van der Waals surface area contributed by atoms with E-state index in [1.807, 2.05) is 4.90 Å². The third-order valence-corrected chi connectivity index (χ3v) is 7.11. The van der Waals surface area contributed by atoms with Crippen molar-refractivity contribution in [2.75, 3.05) is 32.9 Å². The molecule has 0 spiro atoms. The molecular weight excluding hydrogens is 583 g/mol. The summed E-state index contributed by atoms with van der Waals surface area (Å²) in [6, 6.07) is 4.52. The maximum Gasteiger partial charge on any atom is 0.338 e. The van der Waals surface area contributed by atoms with E-state index in [1.54, 1.807) is 13.8 Å². The Morgan fingerprint density at radius 3 is 2.59 bits per heavy atom. The maximum atomic E-state index is 15.1. The van der Waals surface area contributed by atoms with Crippen molar-refractivity contribution in [3.05, 3.63) is 80.2 Å². The Labute approximate surface area is 231 Å². The number of amidine groups is 1. The van der Waals surface area contributed by atoms with Crippen LogP contribution in [0.15, 0.2) is 51.1 Å². The van der Waals surface area contributed by atoms with E-state index in [0.717, 1.165) is 0 Å². The largest absolute Gasteiger partial charge is 0.481 e. The molecule has 0 aliphatic carbocycles. The van der Waals surface area contributed by atoms with Crippen LogP contribution in [-0.2, 0) is 19.1 Å². The minimum Gasteiger partial charge on any atom is -0.481 e. The molecule has 2 aromatic rings. The SMILES string of the molecule is CCOC(=O)C1=C(CN2CCOCC2CC(=O)O)NC(c2c(F)cc(C)cc2F)=NC1c1ccc(F)cc1Br. The molecule has 2 N–H and O–H groups in total. The lowest BCUT2D eigenvalue weighted by Gasteiger charge is -2.37. The van der Waals surface area contributed by atoms with E-state index in [-0.39, 0.29) is 43.3 Å². The summed E-state index contributed by atoms with van der Waals surface area (Å²) in [5, 5.41) is 12.3. The number of rotatable bonds is 8. The van der Waals surface area contributed by atoms with Crippen LogP contribution in [0.3, 0.4) is 0 Å². The van der Waals surface area contributed by atoms with Crippen LogP contribution in [0.1, 0.15) is 36.1 Å². The third-order valence-electron chi connectivity index (χ3n) is 6.42. The van der Waals surface area contributed by atoms with Gasteiger partial charge >= 0.3 is 11.9 Å². The summed E-state index contributed by atoms with van der Waals surface area (Å²) in [7, 11) is 0. The van der Waals surface area contributed by atoms with Crippen molar-refractivity contribution in [3.63, 3.8) is 0 Å². The second kappa shape index (κ2) is 12.3. The number of nitrogens with one attached hydrogen (secondary N) is 1. The van der Waals surface area contributed by atoms with E-state index >= 15 is 8.78 Å². The van der Waals surface area contributed by atoms with E-state index < -0.39 is 47.0 Å². The number of hydrogen-bond donors (Lipinski definition) is 2. The summed E-state index contributed by atoms with van der Waals surface area (Å²) in [4.78, 5) is 31.2. The molecule has 2 aliphatic rings. The summed E-state index contributed by atoms with van der Waals surface area (Å²) in [5.41, 5.74) is 0.606. The molecule has 2 aliphatic heterocycles. The number of carbonyl (C=O) groups is 2. The van der Waals surface area contributed by atoms with Gasteiger partial charge in [-0.2, -0.15) is 0 Å². The molecule has 2 unspecified atom stereocenters. The number of hydrogen-bond acceptors (Lipinski definition) is 7. The van der Waals surface area contributed by atoms with Crippen LogP contribution in [0.4, 0.5) is 13.2 Å². The molecule has 0 amide bonds. The fourth-order valence-electron chi connectivity index (χ4n) is 4.66. The number of carbonyl (C=O) groups excluding carboxylic acids is 1. The topological polar surface area (TPSA) is 100 Å². The van der Waals surface area contributed by atoms with E-state index in [4.69, 9.17) is 9.47 Å². The van der Waals surface area contributed by atoms with E-state index in [0.29, 0.717) is 28.8 Å². The van der Waals surface area contributed by atoms with Crippen molar-refractivity contribution in [2.45, 2.75) is 32.4 Å². The van der Waals surface area contributed by atoms with E-state index in [1.165, 1.54) is 30.3 Å². The molecule has 12 heteroatoms. The second-order valence-electron chi connectivity index (χ2n) is 9.18. The molecule has 39 heavy (non-hydrogen) atoms. The fraction of sp³-hybridized carbons (Fsp3) is 0.370. The van der Waals surface area contributed by atoms with Gasteiger partial charge in [-0.3, -0.25) is 14.7 Å². The van der Waals surface area contributed by atoms with Gasteiger partial charge in [0.2, 0.25) is 0 Å². The van der Waals surface area contributed by atoms with E-state index in [9.17, 15) is 19.1 Å². The average Bonchev–Trinajstić information content (AvgIpc) is 2.84. The highest BCUT2D eigenvalue weighted by Gasteiger charge is 2.36. The molecule has 2 heterocycles. The highest BCUT2D eigenvalue weighted by atomic mass is 79.9. The Kier molecular flexibility index (Phi) is 9.08. The molecule has 1 saturated heterocycles. The van der Waals surface area contributed by atoms with Crippen molar-refractivity contribution in [2.24, 2.45) is 4.99 Å². The number of benzene rings is 2. The number of aryl methyl sites for hydroxylation is 1. The number of aliphatic imine (C=N–C) groups is 1. The molecule has 8 nitrogen and oxygen atoms in total. The van der Waals surface area contributed by atoms with Gasteiger partial charge in [0.1, 0.15) is 29.3 Å². The Hall–Kier alpha value is -3.22. The van der Waals surface area contributed by atoms with Crippen LogP contribution >= 0.6 is 15.9 Å². The first-order valence-corrected chi connectivity index (χ1v) is 13.1. The van der Waals surface area contributed by atoms with Gasteiger partial charge in [0, 0.05) is 29.3 Å².